The lowest BCUT2D eigenvalue weighted by molar-refractivity contribution is 0.0582. The summed E-state index contributed by atoms with van der Waals surface area (Å²) in [6, 6.07) is 11.8. The molecule has 1 atom stereocenters. The molecule has 1 unspecified atom stereocenters. The van der Waals surface area contributed by atoms with E-state index in [-0.39, 0.29) is 11.6 Å². The zero-order valence-corrected chi connectivity index (χ0v) is 15.4. The van der Waals surface area contributed by atoms with Crippen LogP contribution in [0.2, 0.25) is 0 Å². The third kappa shape index (κ3) is 3.09. The number of para-hydroxylation sites is 1. The molecule has 0 bridgehead atoms. The fraction of sp³-hybridized carbons (Fsp3) is 0.286. The van der Waals surface area contributed by atoms with Gasteiger partial charge in [0.2, 0.25) is 0 Å². The normalized spacial score (nSPS) is 20.6. The number of ether oxygens (including phenoxy) is 1. The van der Waals surface area contributed by atoms with Crippen molar-refractivity contribution in [1.82, 2.24) is 19.7 Å². The molecule has 7 heteroatoms. The van der Waals surface area contributed by atoms with Crippen LogP contribution in [-0.4, -0.2) is 44.4 Å². The summed E-state index contributed by atoms with van der Waals surface area (Å²) in [4.78, 5) is 18.6. The summed E-state index contributed by atoms with van der Waals surface area (Å²) >= 11 is 0. The maximum atomic E-state index is 12.7. The number of nitrogens with one attached hydrogen (secondary N) is 1. The lowest BCUT2D eigenvalue weighted by Gasteiger charge is -2.35. The number of urea groups is 1. The van der Waals surface area contributed by atoms with Crippen LogP contribution in [0.25, 0.3) is 5.69 Å². The van der Waals surface area contributed by atoms with Gasteiger partial charge in [-0.15, -0.1) is 0 Å². The molecule has 28 heavy (non-hydrogen) atoms. The van der Waals surface area contributed by atoms with Crippen molar-refractivity contribution in [2.24, 2.45) is 0 Å². The molecule has 1 spiro atoms. The fourth-order valence-corrected chi connectivity index (χ4v) is 3.99. The smallest absolute Gasteiger partial charge is 0.322 e. The number of carbonyl (C=O) groups excluding carboxylic acids is 1. The topological polar surface area (TPSA) is 72.3 Å². The minimum atomic E-state index is -0.271. The Hall–Kier alpha value is -3.35. The molecule has 2 aliphatic heterocycles. The predicted molar refractivity (Wildman–Crippen MR) is 105 cm³/mol. The maximum absolute atomic E-state index is 12.7. The first kappa shape index (κ1) is 16.8. The molecule has 0 radical (unpaired) electrons. The number of hydrogen-bond donors (Lipinski definition) is 1. The average Bonchev–Trinajstić information content (AvgIpc) is 3.36. The third-order valence-corrected chi connectivity index (χ3v) is 5.51. The van der Waals surface area contributed by atoms with E-state index in [0.29, 0.717) is 18.8 Å². The zero-order valence-electron chi connectivity index (χ0n) is 15.4. The first-order valence-electron chi connectivity index (χ1n) is 9.49. The minimum absolute atomic E-state index is 0.117. The van der Waals surface area contributed by atoms with E-state index in [9.17, 15) is 4.79 Å². The number of carbonyl (C=O) groups is 1. The number of anilines is 1. The van der Waals surface area contributed by atoms with Crippen LogP contribution in [-0.2, 0) is 6.42 Å². The van der Waals surface area contributed by atoms with Crippen LogP contribution >= 0.6 is 0 Å². The molecule has 4 heterocycles. The van der Waals surface area contributed by atoms with Crippen molar-refractivity contribution in [3.63, 3.8) is 0 Å². The number of nitrogens with zero attached hydrogens (tertiary/aromatic N) is 4. The Bertz CT molecular complexity index is 1000. The SMILES string of the molecule is O=C(Nc1cnn(-c2ccncc2)c1)N1CCC2(CCc3ccccc3O2)C1. The second-order valence-electron chi connectivity index (χ2n) is 7.37. The van der Waals surface area contributed by atoms with E-state index in [2.05, 4.69) is 21.5 Å². The molecule has 2 aromatic heterocycles. The van der Waals surface area contributed by atoms with Crippen molar-refractivity contribution in [3.8, 4) is 11.4 Å². The van der Waals surface area contributed by atoms with Gasteiger partial charge in [-0.05, 0) is 36.6 Å². The van der Waals surface area contributed by atoms with Gasteiger partial charge in [-0.2, -0.15) is 5.10 Å². The second-order valence-corrected chi connectivity index (χ2v) is 7.37. The molecule has 1 N–H and O–H groups in total. The Morgan fingerprint density at radius 3 is 2.89 bits per heavy atom. The molecule has 0 saturated carbocycles. The summed E-state index contributed by atoms with van der Waals surface area (Å²) in [7, 11) is 0. The van der Waals surface area contributed by atoms with Gasteiger partial charge >= 0.3 is 6.03 Å². The van der Waals surface area contributed by atoms with Gasteiger partial charge in [-0.1, -0.05) is 18.2 Å². The predicted octanol–water partition coefficient (Wildman–Crippen LogP) is 3.27. The van der Waals surface area contributed by atoms with Crippen LogP contribution in [0.4, 0.5) is 10.5 Å². The first-order valence-corrected chi connectivity index (χ1v) is 9.49. The van der Waals surface area contributed by atoms with Crippen molar-refractivity contribution < 1.29 is 9.53 Å². The average molecular weight is 375 g/mol. The molecule has 1 fully saturated rings. The highest BCUT2D eigenvalue weighted by Crippen LogP contribution is 2.38. The Morgan fingerprint density at radius 1 is 1.14 bits per heavy atom. The zero-order chi connectivity index (χ0) is 19.0. The van der Waals surface area contributed by atoms with Gasteiger partial charge in [-0.25, -0.2) is 9.48 Å². The number of likely N-dealkylation sites (tertiary alicyclic amines) is 1. The summed E-state index contributed by atoms with van der Waals surface area (Å²) in [6.07, 6.45) is 9.65. The van der Waals surface area contributed by atoms with Crippen LogP contribution in [0.15, 0.2) is 61.2 Å². The van der Waals surface area contributed by atoms with E-state index < -0.39 is 0 Å². The lowest BCUT2D eigenvalue weighted by Crippen LogP contribution is -2.44. The van der Waals surface area contributed by atoms with E-state index >= 15 is 0 Å². The number of aryl methyl sites for hydroxylation is 1. The Balaban J connectivity index is 1.25. The van der Waals surface area contributed by atoms with Crippen molar-refractivity contribution in [2.45, 2.75) is 24.9 Å². The number of hydrogen-bond acceptors (Lipinski definition) is 4. The number of rotatable bonds is 2. The van der Waals surface area contributed by atoms with Gasteiger partial charge in [0.05, 0.1) is 30.3 Å². The molecule has 1 saturated heterocycles. The molecule has 142 valence electrons. The molecule has 1 aromatic carbocycles. The summed E-state index contributed by atoms with van der Waals surface area (Å²) < 4.78 is 8.04. The quantitative estimate of drug-likeness (QED) is 0.746. The Morgan fingerprint density at radius 2 is 2.00 bits per heavy atom. The van der Waals surface area contributed by atoms with Crippen molar-refractivity contribution in [3.05, 3.63) is 66.7 Å². The molecule has 0 aliphatic carbocycles. The Kier molecular flexibility index (Phi) is 4.00. The molecular formula is C21H21N5O2. The number of pyridine rings is 1. The standard InChI is InChI=1S/C21H21N5O2/c27-20(24-17-13-23-26(14-17)18-6-10-22-11-7-18)25-12-9-21(15-25)8-5-16-3-1-2-4-19(16)28-21/h1-4,6-7,10-11,13-14H,5,8-9,12,15H2,(H,24,27). The second kappa shape index (κ2) is 6.67. The van der Waals surface area contributed by atoms with E-state index in [1.54, 1.807) is 29.5 Å². The fourth-order valence-electron chi connectivity index (χ4n) is 3.99. The van der Waals surface area contributed by atoms with Crippen molar-refractivity contribution in [2.75, 3.05) is 18.4 Å². The number of aromatic nitrogens is 3. The number of benzene rings is 1. The van der Waals surface area contributed by atoms with Gasteiger partial charge in [0.15, 0.2) is 0 Å². The molecule has 3 aromatic rings. The maximum Gasteiger partial charge on any atom is 0.322 e. The Labute approximate surface area is 163 Å². The first-order chi connectivity index (χ1) is 13.7. The minimum Gasteiger partial charge on any atom is -0.485 e. The molecule has 7 nitrogen and oxygen atoms in total. The molecule has 2 amide bonds. The highest BCUT2D eigenvalue weighted by Gasteiger charge is 2.44. The molecular weight excluding hydrogens is 354 g/mol. The molecule has 5 rings (SSSR count). The van der Waals surface area contributed by atoms with Crippen LogP contribution in [0, 0.1) is 0 Å². The van der Waals surface area contributed by atoms with Crippen LogP contribution in [0.3, 0.4) is 0 Å². The highest BCUT2D eigenvalue weighted by atomic mass is 16.5. The molecule has 2 aliphatic rings. The largest absolute Gasteiger partial charge is 0.485 e. The van der Waals surface area contributed by atoms with Gasteiger partial charge in [0.1, 0.15) is 11.4 Å². The van der Waals surface area contributed by atoms with Crippen LogP contribution < -0.4 is 10.1 Å². The van der Waals surface area contributed by atoms with Crippen molar-refractivity contribution >= 4 is 11.7 Å². The number of amides is 2. The summed E-state index contributed by atoms with van der Waals surface area (Å²) in [5.41, 5.74) is 2.54. The van der Waals surface area contributed by atoms with E-state index in [4.69, 9.17) is 4.74 Å². The summed E-state index contributed by atoms with van der Waals surface area (Å²) in [6.45, 7) is 1.29. The van der Waals surface area contributed by atoms with Gasteiger partial charge in [-0.3, -0.25) is 4.98 Å². The monoisotopic (exact) mass is 375 g/mol. The summed E-state index contributed by atoms with van der Waals surface area (Å²) in [5, 5.41) is 7.25. The van der Waals surface area contributed by atoms with Gasteiger partial charge < -0.3 is 15.0 Å². The lowest BCUT2D eigenvalue weighted by atomic mass is 9.90. The van der Waals surface area contributed by atoms with E-state index in [1.165, 1.54) is 5.56 Å². The van der Waals surface area contributed by atoms with E-state index in [0.717, 1.165) is 30.7 Å². The van der Waals surface area contributed by atoms with Crippen molar-refractivity contribution in [1.29, 1.82) is 0 Å². The third-order valence-electron chi connectivity index (χ3n) is 5.51. The summed E-state index contributed by atoms with van der Waals surface area (Å²) in [5.74, 6) is 0.953. The van der Waals surface area contributed by atoms with Crippen LogP contribution in [0.1, 0.15) is 18.4 Å². The van der Waals surface area contributed by atoms with E-state index in [1.807, 2.05) is 35.2 Å². The van der Waals surface area contributed by atoms with Gasteiger partial charge in [0.25, 0.3) is 0 Å². The van der Waals surface area contributed by atoms with Gasteiger partial charge in [0, 0.05) is 25.4 Å². The number of fused-ring (bicyclic) bond motifs is 1. The highest BCUT2D eigenvalue weighted by molar-refractivity contribution is 5.89. The van der Waals surface area contributed by atoms with Crippen LogP contribution in [0.5, 0.6) is 5.75 Å².